The number of carbonyl (C=O) groups excluding carboxylic acids is 1. The molecule has 0 unspecified atom stereocenters. The van der Waals surface area contributed by atoms with Crippen LogP contribution in [0.15, 0.2) is 48.5 Å². The highest BCUT2D eigenvalue weighted by Gasteiger charge is 2.19. The van der Waals surface area contributed by atoms with E-state index in [4.69, 9.17) is 16.3 Å². The fraction of sp³-hybridized carbons (Fsp3) is 0.118. The quantitative estimate of drug-likeness (QED) is 0.673. The number of rotatable bonds is 4. The van der Waals surface area contributed by atoms with Gasteiger partial charge in [0, 0.05) is 10.6 Å². The molecule has 24 heavy (non-hydrogen) atoms. The van der Waals surface area contributed by atoms with E-state index in [1.807, 2.05) is 0 Å². The van der Waals surface area contributed by atoms with Crippen LogP contribution in [0.2, 0.25) is 5.02 Å². The summed E-state index contributed by atoms with van der Waals surface area (Å²) < 4.78 is 19.6. The normalized spacial score (nSPS) is 10.6. The van der Waals surface area contributed by atoms with Crippen LogP contribution in [0.5, 0.6) is 0 Å². The van der Waals surface area contributed by atoms with Crippen LogP contribution in [-0.4, -0.2) is 27.3 Å². The van der Waals surface area contributed by atoms with E-state index in [0.717, 1.165) is 0 Å². The minimum atomic E-state index is -0.617. The van der Waals surface area contributed by atoms with Gasteiger partial charge in [0.2, 0.25) is 0 Å². The second kappa shape index (κ2) is 6.80. The second-order valence-corrected chi connectivity index (χ2v) is 5.31. The largest absolute Gasteiger partial charge is 0.460 e. The van der Waals surface area contributed by atoms with Crippen molar-refractivity contribution in [1.82, 2.24) is 14.8 Å². The van der Waals surface area contributed by atoms with Crippen LogP contribution in [0, 0.1) is 5.82 Å². The van der Waals surface area contributed by atoms with Gasteiger partial charge in [-0.2, -0.15) is 0 Å². The topological polar surface area (TPSA) is 57.0 Å². The van der Waals surface area contributed by atoms with Gasteiger partial charge in [-0.25, -0.2) is 18.9 Å². The standard InChI is InChI=1S/C17H13ClFN3O2/c1-2-24-17(23)15-20-16(11-3-7-13(19)8-4-11)22(21-15)14-9-5-12(18)6-10-14/h3-10H,2H2,1H3. The van der Waals surface area contributed by atoms with Gasteiger partial charge >= 0.3 is 5.97 Å². The van der Waals surface area contributed by atoms with Crippen LogP contribution in [0.1, 0.15) is 17.5 Å². The Kier molecular flexibility index (Phi) is 4.57. The molecule has 0 amide bonds. The molecule has 0 aliphatic rings. The summed E-state index contributed by atoms with van der Waals surface area (Å²) in [7, 11) is 0. The maximum Gasteiger partial charge on any atom is 0.378 e. The molecule has 0 N–H and O–H groups in total. The highest BCUT2D eigenvalue weighted by atomic mass is 35.5. The summed E-state index contributed by atoms with van der Waals surface area (Å²) in [6.45, 7) is 1.93. The Bertz CT molecular complexity index is 798. The zero-order chi connectivity index (χ0) is 17.1. The van der Waals surface area contributed by atoms with E-state index in [1.54, 1.807) is 43.3 Å². The third-order valence-electron chi connectivity index (χ3n) is 3.24. The highest BCUT2D eigenvalue weighted by Crippen LogP contribution is 2.23. The summed E-state index contributed by atoms with van der Waals surface area (Å²) in [5.74, 6) is -0.637. The molecule has 5 nitrogen and oxygen atoms in total. The zero-order valence-electron chi connectivity index (χ0n) is 12.7. The Hall–Kier alpha value is -2.73. The number of benzene rings is 2. The smallest absolute Gasteiger partial charge is 0.378 e. The first-order valence-corrected chi connectivity index (χ1v) is 7.62. The molecule has 2 aromatic carbocycles. The summed E-state index contributed by atoms with van der Waals surface area (Å²) in [5.41, 5.74) is 1.29. The third kappa shape index (κ3) is 3.28. The van der Waals surface area contributed by atoms with Crippen molar-refractivity contribution in [1.29, 1.82) is 0 Å². The maximum absolute atomic E-state index is 13.2. The van der Waals surface area contributed by atoms with E-state index in [1.165, 1.54) is 16.8 Å². The molecule has 0 radical (unpaired) electrons. The molecule has 1 aromatic heterocycles. The zero-order valence-corrected chi connectivity index (χ0v) is 13.5. The average molecular weight is 346 g/mol. The lowest BCUT2D eigenvalue weighted by atomic mass is 10.2. The minimum Gasteiger partial charge on any atom is -0.460 e. The fourth-order valence-electron chi connectivity index (χ4n) is 2.14. The summed E-state index contributed by atoms with van der Waals surface area (Å²) >= 11 is 5.91. The Morgan fingerprint density at radius 2 is 1.83 bits per heavy atom. The van der Waals surface area contributed by atoms with E-state index in [-0.39, 0.29) is 18.2 Å². The van der Waals surface area contributed by atoms with Gasteiger partial charge in [-0.15, -0.1) is 5.10 Å². The van der Waals surface area contributed by atoms with E-state index in [2.05, 4.69) is 10.1 Å². The Morgan fingerprint density at radius 1 is 1.17 bits per heavy atom. The van der Waals surface area contributed by atoms with Crippen molar-refractivity contribution in [2.45, 2.75) is 6.92 Å². The maximum atomic E-state index is 13.2. The van der Waals surface area contributed by atoms with Crippen LogP contribution < -0.4 is 0 Å². The fourth-order valence-corrected chi connectivity index (χ4v) is 2.27. The van der Waals surface area contributed by atoms with Crippen molar-refractivity contribution >= 4 is 17.6 Å². The monoisotopic (exact) mass is 345 g/mol. The number of ether oxygens (including phenoxy) is 1. The number of hydrogen-bond donors (Lipinski definition) is 0. The van der Waals surface area contributed by atoms with Crippen LogP contribution in [0.25, 0.3) is 17.1 Å². The third-order valence-corrected chi connectivity index (χ3v) is 3.49. The predicted octanol–water partition coefficient (Wildman–Crippen LogP) is 3.90. The van der Waals surface area contributed by atoms with E-state index >= 15 is 0 Å². The van der Waals surface area contributed by atoms with Crippen molar-refractivity contribution in [2.75, 3.05) is 6.61 Å². The average Bonchev–Trinajstić information content (AvgIpc) is 3.02. The predicted molar refractivity (Wildman–Crippen MR) is 87.7 cm³/mol. The lowest BCUT2D eigenvalue weighted by Crippen LogP contribution is -2.07. The van der Waals surface area contributed by atoms with Crippen molar-refractivity contribution < 1.29 is 13.9 Å². The number of nitrogens with zero attached hydrogens (tertiary/aromatic N) is 3. The molecule has 1 heterocycles. The van der Waals surface area contributed by atoms with E-state index in [9.17, 15) is 9.18 Å². The lowest BCUT2D eigenvalue weighted by Gasteiger charge is -2.06. The number of halogens is 2. The van der Waals surface area contributed by atoms with Crippen LogP contribution in [0.4, 0.5) is 4.39 Å². The van der Waals surface area contributed by atoms with Gasteiger partial charge in [0.25, 0.3) is 5.82 Å². The summed E-state index contributed by atoms with van der Waals surface area (Å²) in [6, 6.07) is 12.7. The van der Waals surface area contributed by atoms with Crippen LogP contribution in [-0.2, 0) is 4.74 Å². The molecule has 0 bridgehead atoms. The van der Waals surface area contributed by atoms with Crippen molar-refractivity contribution in [3.8, 4) is 17.1 Å². The van der Waals surface area contributed by atoms with Crippen molar-refractivity contribution in [3.05, 3.63) is 65.2 Å². The first-order valence-electron chi connectivity index (χ1n) is 7.24. The molecular formula is C17H13ClFN3O2. The van der Waals surface area contributed by atoms with Gasteiger partial charge in [0.05, 0.1) is 12.3 Å². The SMILES string of the molecule is CCOC(=O)c1nc(-c2ccc(F)cc2)n(-c2ccc(Cl)cc2)n1. The Morgan fingerprint density at radius 3 is 2.46 bits per heavy atom. The van der Waals surface area contributed by atoms with Gasteiger partial charge < -0.3 is 4.74 Å². The Labute approximate surface area is 142 Å². The summed E-state index contributed by atoms with van der Waals surface area (Å²) in [5, 5.41) is 4.80. The first-order chi connectivity index (χ1) is 11.6. The van der Waals surface area contributed by atoms with E-state index < -0.39 is 5.97 Å². The summed E-state index contributed by atoms with van der Waals surface area (Å²) in [6.07, 6.45) is 0. The number of carbonyl (C=O) groups is 1. The van der Waals surface area contributed by atoms with Gasteiger partial charge in [-0.3, -0.25) is 0 Å². The molecule has 0 aliphatic heterocycles. The van der Waals surface area contributed by atoms with Crippen molar-refractivity contribution in [3.63, 3.8) is 0 Å². The minimum absolute atomic E-state index is 0.0638. The number of esters is 1. The first kappa shape index (κ1) is 16.1. The van der Waals surface area contributed by atoms with Gasteiger partial charge in [-0.1, -0.05) is 11.6 Å². The molecule has 0 saturated heterocycles. The van der Waals surface area contributed by atoms with Gasteiger partial charge in [0.1, 0.15) is 5.82 Å². The number of hydrogen-bond acceptors (Lipinski definition) is 4. The molecule has 3 aromatic rings. The number of aromatic nitrogens is 3. The van der Waals surface area contributed by atoms with Crippen molar-refractivity contribution in [2.24, 2.45) is 0 Å². The van der Waals surface area contributed by atoms with Gasteiger partial charge in [-0.05, 0) is 55.5 Å². The molecule has 7 heteroatoms. The van der Waals surface area contributed by atoms with Crippen LogP contribution in [0.3, 0.4) is 0 Å². The Balaban J connectivity index is 2.12. The molecule has 0 atom stereocenters. The molecule has 122 valence electrons. The highest BCUT2D eigenvalue weighted by molar-refractivity contribution is 6.30. The molecular weight excluding hydrogens is 333 g/mol. The van der Waals surface area contributed by atoms with Crippen LogP contribution >= 0.6 is 11.6 Å². The van der Waals surface area contributed by atoms with Gasteiger partial charge in [0.15, 0.2) is 5.82 Å². The second-order valence-electron chi connectivity index (χ2n) is 4.87. The lowest BCUT2D eigenvalue weighted by molar-refractivity contribution is 0.0512. The summed E-state index contributed by atoms with van der Waals surface area (Å²) in [4.78, 5) is 16.2. The molecule has 0 spiro atoms. The molecule has 3 rings (SSSR count). The molecule has 0 aliphatic carbocycles. The van der Waals surface area contributed by atoms with E-state index in [0.29, 0.717) is 22.1 Å². The molecule has 0 saturated carbocycles. The molecule has 0 fully saturated rings.